The Morgan fingerprint density at radius 2 is 2.54 bits per heavy atom. The summed E-state index contributed by atoms with van der Waals surface area (Å²) < 4.78 is 5.42. The van der Waals surface area contributed by atoms with Gasteiger partial charge in [-0.1, -0.05) is 6.92 Å². The molecule has 1 aliphatic heterocycles. The van der Waals surface area contributed by atoms with Crippen LogP contribution in [0, 0.1) is 0 Å². The van der Waals surface area contributed by atoms with Crippen LogP contribution < -0.4 is 5.32 Å². The highest BCUT2D eigenvalue weighted by Gasteiger charge is 2.16. The van der Waals surface area contributed by atoms with E-state index in [1.807, 2.05) is 11.3 Å². The van der Waals surface area contributed by atoms with E-state index in [9.17, 15) is 0 Å². The van der Waals surface area contributed by atoms with Crippen molar-refractivity contribution in [2.24, 2.45) is 0 Å². The first kappa shape index (κ1) is 9.19. The summed E-state index contributed by atoms with van der Waals surface area (Å²) in [5, 5.41) is 3.46. The number of nitrogens with one attached hydrogen (secondary N) is 1. The van der Waals surface area contributed by atoms with Crippen LogP contribution in [0.3, 0.4) is 0 Å². The number of ether oxygens (including phenoxy) is 1. The van der Waals surface area contributed by atoms with Crippen molar-refractivity contribution in [2.75, 3.05) is 19.8 Å². The third-order valence-electron chi connectivity index (χ3n) is 2.30. The maximum absolute atomic E-state index is 5.42. The van der Waals surface area contributed by atoms with Crippen LogP contribution in [-0.4, -0.2) is 19.8 Å². The molecule has 0 unspecified atom stereocenters. The molecule has 0 saturated carbocycles. The van der Waals surface area contributed by atoms with Crippen LogP contribution >= 0.6 is 11.3 Å². The van der Waals surface area contributed by atoms with Crippen LogP contribution in [0.25, 0.3) is 0 Å². The van der Waals surface area contributed by atoms with Crippen molar-refractivity contribution in [2.45, 2.75) is 19.4 Å². The monoisotopic (exact) mass is 197 g/mol. The Morgan fingerprint density at radius 3 is 3.15 bits per heavy atom. The molecule has 1 N–H and O–H groups in total. The fraction of sp³-hybridized carbons (Fsp3) is 0.600. The van der Waals surface area contributed by atoms with Crippen molar-refractivity contribution in [1.82, 2.24) is 5.32 Å². The van der Waals surface area contributed by atoms with Gasteiger partial charge in [0.15, 0.2) is 0 Å². The highest BCUT2D eigenvalue weighted by Crippen LogP contribution is 2.24. The van der Waals surface area contributed by atoms with Gasteiger partial charge in [-0.25, -0.2) is 0 Å². The summed E-state index contributed by atoms with van der Waals surface area (Å²) in [6.45, 7) is 4.84. The Balaban J connectivity index is 2.05. The average Bonchev–Trinajstić information content (AvgIpc) is 2.67. The SMILES string of the molecule is CCc1ccc([C@@H]2COCCN2)s1. The second kappa shape index (κ2) is 4.22. The molecular formula is C10H15NOS. The topological polar surface area (TPSA) is 21.3 Å². The molecule has 0 bridgehead atoms. The molecule has 1 aliphatic rings. The van der Waals surface area contributed by atoms with Gasteiger partial charge >= 0.3 is 0 Å². The van der Waals surface area contributed by atoms with Gasteiger partial charge in [0.05, 0.1) is 19.3 Å². The minimum absolute atomic E-state index is 0.430. The number of thiophene rings is 1. The Morgan fingerprint density at radius 1 is 1.62 bits per heavy atom. The molecule has 1 fully saturated rings. The van der Waals surface area contributed by atoms with Gasteiger partial charge in [0.2, 0.25) is 0 Å². The van der Waals surface area contributed by atoms with Crippen molar-refractivity contribution >= 4 is 11.3 Å². The molecule has 3 heteroatoms. The number of hydrogen-bond donors (Lipinski definition) is 1. The van der Waals surface area contributed by atoms with Crippen molar-refractivity contribution in [3.63, 3.8) is 0 Å². The molecule has 1 aromatic heterocycles. The third-order valence-corrected chi connectivity index (χ3v) is 3.64. The van der Waals surface area contributed by atoms with Gasteiger partial charge in [-0.2, -0.15) is 0 Å². The van der Waals surface area contributed by atoms with Gasteiger partial charge in [-0.3, -0.25) is 0 Å². The quantitative estimate of drug-likeness (QED) is 0.782. The number of rotatable bonds is 2. The molecule has 13 heavy (non-hydrogen) atoms. The number of aryl methyl sites for hydroxylation is 1. The maximum atomic E-state index is 5.42. The fourth-order valence-electron chi connectivity index (χ4n) is 1.52. The zero-order valence-electron chi connectivity index (χ0n) is 7.88. The average molecular weight is 197 g/mol. The van der Waals surface area contributed by atoms with E-state index in [1.165, 1.54) is 9.75 Å². The molecule has 1 saturated heterocycles. The van der Waals surface area contributed by atoms with Crippen molar-refractivity contribution in [1.29, 1.82) is 0 Å². The van der Waals surface area contributed by atoms with E-state index in [-0.39, 0.29) is 0 Å². The minimum atomic E-state index is 0.430. The van der Waals surface area contributed by atoms with Crippen molar-refractivity contribution < 1.29 is 4.74 Å². The first-order valence-electron chi connectivity index (χ1n) is 4.80. The van der Waals surface area contributed by atoms with E-state index in [0.29, 0.717) is 6.04 Å². The van der Waals surface area contributed by atoms with E-state index >= 15 is 0 Å². The molecule has 1 aromatic rings. The van der Waals surface area contributed by atoms with Gasteiger partial charge in [0, 0.05) is 16.3 Å². The van der Waals surface area contributed by atoms with Gasteiger partial charge in [0.1, 0.15) is 0 Å². The summed E-state index contributed by atoms with van der Waals surface area (Å²) in [4.78, 5) is 2.87. The van der Waals surface area contributed by atoms with E-state index in [2.05, 4.69) is 24.4 Å². The minimum Gasteiger partial charge on any atom is -0.378 e. The summed E-state index contributed by atoms with van der Waals surface area (Å²) >= 11 is 1.90. The highest BCUT2D eigenvalue weighted by molar-refractivity contribution is 7.12. The zero-order chi connectivity index (χ0) is 9.10. The van der Waals surface area contributed by atoms with Crippen molar-refractivity contribution in [3.05, 3.63) is 21.9 Å². The maximum Gasteiger partial charge on any atom is 0.0670 e. The summed E-state index contributed by atoms with van der Waals surface area (Å²) in [5.74, 6) is 0. The molecule has 2 nitrogen and oxygen atoms in total. The zero-order valence-corrected chi connectivity index (χ0v) is 8.69. The molecule has 0 aromatic carbocycles. The lowest BCUT2D eigenvalue weighted by Crippen LogP contribution is -2.33. The standard InChI is InChI=1S/C10H15NOS/c1-2-8-3-4-10(13-8)9-7-12-6-5-11-9/h3-4,9,11H,2,5-7H2,1H3/t9-/m0/s1. The molecular weight excluding hydrogens is 182 g/mol. The smallest absolute Gasteiger partial charge is 0.0670 e. The van der Waals surface area contributed by atoms with Gasteiger partial charge < -0.3 is 10.1 Å². The largest absolute Gasteiger partial charge is 0.378 e. The molecule has 0 aliphatic carbocycles. The Bertz CT molecular complexity index is 266. The highest BCUT2D eigenvalue weighted by atomic mass is 32.1. The summed E-state index contributed by atoms with van der Waals surface area (Å²) in [6.07, 6.45) is 1.14. The van der Waals surface area contributed by atoms with Crippen LogP contribution in [0.5, 0.6) is 0 Å². The third kappa shape index (κ3) is 2.10. The first-order chi connectivity index (χ1) is 6.40. The fourth-order valence-corrected chi connectivity index (χ4v) is 2.53. The number of hydrogen-bond acceptors (Lipinski definition) is 3. The van der Waals surface area contributed by atoms with E-state index in [4.69, 9.17) is 4.74 Å². The van der Waals surface area contributed by atoms with E-state index < -0.39 is 0 Å². The first-order valence-corrected chi connectivity index (χ1v) is 5.61. The second-order valence-corrected chi connectivity index (χ2v) is 4.44. The molecule has 2 heterocycles. The van der Waals surface area contributed by atoms with Crippen LogP contribution in [0.4, 0.5) is 0 Å². The molecule has 72 valence electrons. The van der Waals surface area contributed by atoms with Gasteiger partial charge in [-0.15, -0.1) is 11.3 Å². The van der Waals surface area contributed by atoms with E-state index in [0.717, 1.165) is 26.2 Å². The predicted molar refractivity (Wildman–Crippen MR) is 55.3 cm³/mol. The van der Waals surface area contributed by atoms with Crippen LogP contribution in [0.15, 0.2) is 12.1 Å². The Labute approximate surface area is 82.9 Å². The van der Waals surface area contributed by atoms with Crippen LogP contribution in [0.2, 0.25) is 0 Å². The van der Waals surface area contributed by atoms with Gasteiger partial charge in [0.25, 0.3) is 0 Å². The van der Waals surface area contributed by atoms with Crippen molar-refractivity contribution in [3.8, 4) is 0 Å². The lowest BCUT2D eigenvalue weighted by Gasteiger charge is -2.22. The summed E-state index contributed by atoms with van der Waals surface area (Å²) in [6, 6.07) is 4.87. The second-order valence-electron chi connectivity index (χ2n) is 3.24. The molecule has 1 atom stereocenters. The van der Waals surface area contributed by atoms with Crippen LogP contribution in [-0.2, 0) is 11.2 Å². The van der Waals surface area contributed by atoms with E-state index in [1.54, 1.807) is 0 Å². The molecule has 0 radical (unpaired) electrons. The molecule has 2 rings (SSSR count). The Hall–Kier alpha value is -0.380. The summed E-state index contributed by atoms with van der Waals surface area (Å²) in [5.41, 5.74) is 0. The molecule has 0 amide bonds. The molecule has 0 spiro atoms. The summed E-state index contributed by atoms with van der Waals surface area (Å²) in [7, 11) is 0. The normalized spacial score (nSPS) is 23.3. The number of morpholine rings is 1. The van der Waals surface area contributed by atoms with Crippen LogP contribution in [0.1, 0.15) is 22.7 Å². The Kier molecular flexibility index (Phi) is 2.98. The lowest BCUT2D eigenvalue weighted by atomic mass is 10.2. The lowest BCUT2D eigenvalue weighted by molar-refractivity contribution is 0.0779. The van der Waals surface area contributed by atoms with Gasteiger partial charge in [-0.05, 0) is 18.6 Å². The predicted octanol–water partition coefficient (Wildman–Crippen LogP) is 1.97.